The molecule has 3 N–H and O–H groups in total. The predicted octanol–water partition coefficient (Wildman–Crippen LogP) is 4.51. The number of halogens is 1. The maximum Gasteiger partial charge on any atom is 0.339 e. The fourth-order valence-corrected chi connectivity index (χ4v) is 4.27. The summed E-state index contributed by atoms with van der Waals surface area (Å²) in [6, 6.07) is 11.8. The molecule has 1 aliphatic rings. The first kappa shape index (κ1) is 19.7. The summed E-state index contributed by atoms with van der Waals surface area (Å²) in [4.78, 5) is 28.5. The third kappa shape index (κ3) is 4.20. The standard InChI is InChI=1S/C21H17FN4O3S/c22-15-5-2-1-4-14(15)19-24-16-6-3-7-17(18(16)30-19)25-26-21(29)23-13-10-8-12(9-11-13)20(27)28/h1-2,4-5,8-11H,3,6-7H2,(H,27,28)(H2,23,26,29). The Morgan fingerprint density at radius 2 is 1.87 bits per heavy atom. The minimum Gasteiger partial charge on any atom is -0.478 e. The highest BCUT2D eigenvalue weighted by molar-refractivity contribution is 7.17. The van der Waals surface area contributed by atoms with Gasteiger partial charge in [-0.15, -0.1) is 11.3 Å². The molecular weight excluding hydrogens is 407 g/mol. The van der Waals surface area contributed by atoms with E-state index in [1.807, 2.05) is 0 Å². The van der Waals surface area contributed by atoms with E-state index >= 15 is 0 Å². The van der Waals surface area contributed by atoms with Crippen LogP contribution < -0.4 is 10.7 Å². The van der Waals surface area contributed by atoms with Crippen molar-refractivity contribution in [3.8, 4) is 10.6 Å². The largest absolute Gasteiger partial charge is 0.478 e. The first-order valence-corrected chi connectivity index (χ1v) is 10.0. The van der Waals surface area contributed by atoms with Crippen molar-refractivity contribution in [3.63, 3.8) is 0 Å². The Bertz CT molecular complexity index is 1140. The molecule has 3 aromatic rings. The number of rotatable bonds is 4. The van der Waals surface area contributed by atoms with Crippen LogP contribution in [-0.2, 0) is 6.42 Å². The molecule has 9 heteroatoms. The normalized spacial score (nSPS) is 14.2. The number of carbonyl (C=O) groups excluding carboxylic acids is 1. The molecule has 0 bridgehead atoms. The molecule has 0 radical (unpaired) electrons. The molecule has 4 rings (SSSR count). The second-order valence-corrected chi connectivity index (χ2v) is 7.63. The van der Waals surface area contributed by atoms with Crippen LogP contribution in [0.2, 0.25) is 0 Å². The van der Waals surface area contributed by atoms with Crippen LogP contribution >= 0.6 is 11.3 Å². The zero-order valence-electron chi connectivity index (χ0n) is 15.7. The Balaban J connectivity index is 1.48. The number of aromatic carboxylic acids is 1. The number of amides is 2. The van der Waals surface area contributed by atoms with Gasteiger partial charge in [-0.1, -0.05) is 12.1 Å². The lowest BCUT2D eigenvalue weighted by molar-refractivity contribution is 0.0697. The lowest BCUT2D eigenvalue weighted by atomic mass is 10.0. The number of carboxylic acid groups (broad SMARTS) is 1. The fourth-order valence-electron chi connectivity index (χ4n) is 3.11. The number of aryl methyl sites for hydroxylation is 1. The monoisotopic (exact) mass is 424 g/mol. The van der Waals surface area contributed by atoms with Crippen LogP contribution in [0.25, 0.3) is 10.6 Å². The first-order chi connectivity index (χ1) is 14.5. The van der Waals surface area contributed by atoms with Gasteiger partial charge in [0.25, 0.3) is 0 Å². The Kier molecular flexibility index (Phi) is 5.53. The van der Waals surface area contributed by atoms with Crippen LogP contribution in [0.3, 0.4) is 0 Å². The number of thiazole rings is 1. The number of hydrogen-bond acceptors (Lipinski definition) is 5. The Labute approximate surface area is 175 Å². The van der Waals surface area contributed by atoms with Crippen molar-refractivity contribution in [3.05, 3.63) is 70.5 Å². The number of nitrogens with one attached hydrogen (secondary N) is 2. The third-order valence-electron chi connectivity index (χ3n) is 4.57. The molecule has 0 fully saturated rings. The molecular formula is C21H17FN4O3S. The summed E-state index contributed by atoms with van der Waals surface area (Å²) in [5.74, 6) is -1.36. The van der Waals surface area contributed by atoms with Crippen LogP contribution in [0.15, 0.2) is 53.6 Å². The second-order valence-electron chi connectivity index (χ2n) is 6.64. The van der Waals surface area contributed by atoms with Crippen LogP contribution in [-0.4, -0.2) is 27.8 Å². The van der Waals surface area contributed by atoms with E-state index in [0.29, 0.717) is 28.4 Å². The van der Waals surface area contributed by atoms with E-state index in [9.17, 15) is 14.0 Å². The van der Waals surface area contributed by atoms with Gasteiger partial charge in [0.1, 0.15) is 10.8 Å². The molecule has 7 nitrogen and oxygen atoms in total. The molecule has 30 heavy (non-hydrogen) atoms. The SMILES string of the molecule is O=C(NN=C1CCCc2nc(-c3ccccc3F)sc21)Nc1ccc(C(=O)O)cc1. The Morgan fingerprint density at radius 3 is 2.60 bits per heavy atom. The topological polar surface area (TPSA) is 104 Å². The van der Waals surface area contributed by atoms with Crippen molar-refractivity contribution >= 4 is 34.7 Å². The molecule has 2 aromatic carbocycles. The predicted molar refractivity (Wildman–Crippen MR) is 113 cm³/mol. The molecule has 1 heterocycles. The molecule has 0 aliphatic heterocycles. The second kappa shape index (κ2) is 8.42. The molecule has 2 amide bonds. The smallest absolute Gasteiger partial charge is 0.339 e. The van der Waals surface area contributed by atoms with Crippen LogP contribution in [0.5, 0.6) is 0 Å². The summed E-state index contributed by atoms with van der Waals surface area (Å²) in [5, 5.41) is 16.3. The van der Waals surface area contributed by atoms with Gasteiger partial charge < -0.3 is 10.4 Å². The highest BCUT2D eigenvalue weighted by Gasteiger charge is 2.22. The van der Waals surface area contributed by atoms with E-state index in [-0.39, 0.29) is 11.4 Å². The number of benzene rings is 2. The van der Waals surface area contributed by atoms with Gasteiger partial charge in [-0.2, -0.15) is 5.10 Å². The number of carbonyl (C=O) groups is 2. The van der Waals surface area contributed by atoms with Crippen LogP contribution in [0, 0.1) is 5.82 Å². The average Bonchev–Trinajstić information content (AvgIpc) is 3.17. The van der Waals surface area contributed by atoms with Crippen LogP contribution in [0.4, 0.5) is 14.9 Å². The summed E-state index contributed by atoms with van der Waals surface area (Å²) in [6.45, 7) is 0. The molecule has 1 aliphatic carbocycles. The lowest BCUT2D eigenvalue weighted by Gasteiger charge is -2.12. The van der Waals surface area contributed by atoms with E-state index in [0.717, 1.165) is 23.4 Å². The quantitative estimate of drug-likeness (QED) is 0.536. The average molecular weight is 424 g/mol. The Morgan fingerprint density at radius 1 is 1.10 bits per heavy atom. The highest BCUT2D eigenvalue weighted by atomic mass is 32.1. The van der Waals surface area contributed by atoms with Crippen molar-refractivity contribution in [1.82, 2.24) is 10.4 Å². The van der Waals surface area contributed by atoms with Gasteiger partial charge in [0.15, 0.2) is 0 Å². The fraction of sp³-hybridized carbons (Fsp3) is 0.143. The summed E-state index contributed by atoms with van der Waals surface area (Å²) in [5.41, 5.74) is 5.05. The zero-order chi connectivity index (χ0) is 21.1. The third-order valence-corrected chi connectivity index (χ3v) is 5.75. The van der Waals surface area contributed by atoms with Gasteiger partial charge in [0, 0.05) is 11.3 Å². The number of hydrogen-bond donors (Lipinski definition) is 3. The maximum atomic E-state index is 14.1. The number of carboxylic acids is 1. The van der Waals surface area contributed by atoms with Gasteiger partial charge >= 0.3 is 12.0 Å². The molecule has 0 saturated heterocycles. The van der Waals surface area contributed by atoms with Crippen LogP contribution in [0.1, 0.15) is 33.8 Å². The number of anilines is 1. The van der Waals surface area contributed by atoms with E-state index < -0.39 is 12.0 Å². The van der Waals surface area contributed by atoms with E-state index in [4.69, 9.17) is 5.11 Å². The van der Waals surface area contributed by atoms with E-state index in [2.05, 4.69) is 20.8 Å². The number of fused-ring (bicyclic) bond motifs is 1. The van der Waals surface area contributed by atoms with Crippen molar-refractivity contribution in [2.45, 2.75) is 19.3 Å². The summed E-state index contributed by atoms with van der Waals surface area (Å²) in [7, 11) is 0. The van der Waals surface area contributed by atoms with Crippen molar-refractivity contribution < 1.29 is 19.1 Å². The van der Waals surface area contributed by atoms with E-state index in [1.165, 1.54) is 41.7 Å². The minimum atomic E-state index is -1.04. The van der Waals surface area contributed by atoms with Gasteiger partial charge in [-0.25, -0.2) is 24.4 Å². The van der Waals surface area contributed by atoms with Gasteiger partial charge in [0.05, 0.1) is 21.8 Å². The number of hydrazone groups is 1. The summed E-state index contributed by atoms with van der Waals surface area (Å²) >= 11 is 1.36. The molecule has 0 spiro atoms. The van der Waals surface area contributed by atoms with Gasteiger partial charge in [-0.05, 0) is 55.7 Å². The first-order valence-electron chi connectivity index (χ1n) is 9.23. The molecule has 0 unspecified atom stereocenters. The van der Waals surface area contributed by atoms with E-state index in [1.54, 1.807) is 18.2 Å². The number of aromatic nitrogens is 1. The van der Waals surface area contributed by atoms with Gasteiger partial charge in [0.2, 0.25) is 0 Å². The molecule has 1 aromatic heterocycles. The Hall–Kier alpha value is -3.59. The molecule has 152 valence electrons. The summed E-state index contributed by atoms with van der Waals surface area (Å²) < 4.78 is 14.1. The zero-order valence-corrected chi connectivity index (χ0v) is 16.5. The number of nitrogens with zero attached hydrogens (tertiary/aromatic N) is 2. The van der Waals surface area contributed by atoms with Crippen molar-refractivity contribution in [1.29, 1.82) is 0 Å². The minimum absolute atomic E-state index is 0.131. The molecule has 0 atom stereocenters. The van der Waals surface area contributed by atoms with Gasteiger partial charge in [-0.3, -0.25) is 0 Å². The maximum absolute atomic E-state index is 14.1. The van der Waals surface area contributed by atoms with Crippen molar-refractivity contribution in [2.75, 3.05) is 5.32 Å². The summed E-state index contributed by atoms with van der Waals surface area (Å²) in [6.07, 6.45) is 2.30. The number of urea groups is 1. The van der Waals surface area contributed by atoms with Crippen molar-refractivity contribution in [2.24, 2.45) is 5.10 Å². The molecule has 0 saturated carbocycles. The highest BCUT2D eigenvalue weighted by Crippen LogP contribution is 2.34. The lowest BCUT2D eigenvalue weighted by Crippen LogP contribution is -2.26.